The van der Waals surface area contributed by atoms with Crippen molar-refractivity contribution < 1.29 is 13.2 Å². The average molecular weight is 423 g/mol. The molecule has 0 aliphatic carbocycles. The monoisotopic (exact) mass is 422 g/mol. The Morgan fingerprint density at radius 3 is 2.62 bits per heavy atom. The van der Waals surface area contributed by atoms with Crippen molar-refractivity contribution >= 4 is 22.5 Å². The maximum atomic E-state index is 12.9. The van der Waals surface area contributed by atoms with Gasteiger partial charge in [0.1, 0.15) is 0 Å². The second-order valence-corrected chi connectivity index (χ2v) is 7.67. The SMILES string of the molecule is FC(F)(F)c1cnc(-n2cc(CCCN3CCNCC3)c3ccccc32)c(Cl)c1. The van der Waals surface area contributed by atoms with Gasteiger partial charge in [0.2, 0.25) is 0 Å². The lowest BCUT2D eigenvalue weighted by atomic mass is 10.1. The zero-order valence-electron chi connectivity index (χ0n) is 15.8. The summed E-state index contributed by atoms with van der Waals surface area (Å²) in [6, 6.07) is 8.77. The van der Waals surface area contributed by atoms with Crippen LogP contribution in [-0.4, -0.2) is 47.2 Å². The minimum atomic E-state index is -4.47. The van der Waals surface area contributed by atoms with E-state index >= 15 is 0 Å². The summed E-state index contributed by atoms with van der Waals surface area (Å²) < 4.78 is 40.6. The van der Waals surface area contributed by atoms with Crippen LogP contribution in [0.1, 0.15) is 17.5 Å². The topological polar surface area (TPSA) is 33.1 Å². The maximum Gasteiger partial charge on any atom is 0.417 e. The molecule has 1 aliphatic rings. The van der Waals surface area contributed by atoms with Crippen molar-refractivity contribution in [1.29, 1.82) is 0 Å². The van der Waals surface area contributed by atoms with Gasteiger partial charge in [-0.3, -0.25) is 4.57 Å². The van der Waals surface area contributed by atoms with Crippen LogP contribution in [0.2, 0.25) is 5.02 Å². The summed E-state index contributed by atoms with van der Waals surface area (Å²) >= 11 is 6.19. The van der Waals surface area contributed by atoms with Crippen molar-refractivity contribution in [2.45, 2.75) is 19.0 Å². The lowest BCUT2D eigenvalue weighted by Crippen LogP contribution is -2.43. The zero-order chi connectivity index (χ0) is 20.4. The summed E-state index contributed by atoms with van der Waals surface area (Å²) in [5, 5.41) is 4.41. The van der Waals surface area contributed by atoms with Crippen LogP contribution in [0.5, 0.6) is 0 Å². The van der Waals surface area contributed by atoms with Crippen LogP contribution < -0.4 is 5.32 Å². The summed E-state index contributed by atoms with van der Waals surface area (Å²) in [4.78, 5) is 6.48. The van der Waals surface area contributed by atoms with Crippen LogP contribution in [0.4, 0.5) is 13.2 Å². The minimum absolute atomic E-state index is 0.0204. The van der Waals surface area contributed by atoms with Gasteiger partial charge in [0, 0.05) is 44.0 Å². The van der Waals surface area contributed by atoms with Gasteiger partial charge < -0.3 is 10.2 Å². The van der Waals surface area contributed by atoms with Crippen LogP contribution in [0.25, 0.3) is 16.7 Å². The summed E-state index contributed by atoms with van der Waals surface area (Å²) in [5.74, 6) is 0.309. The number of benzene rings is 1. The molecule has 1 aliphatic heterocycles. The zero-order valence-corrected chi connectivity index (χ0v) is 16.6. The number of para-hydroxylation sites is 1. The molecule has 1 fully saturated rings. The van der Waals surface area contributed by atoms with Crippen molar-refractivity contribution in [3.05, 3.63) is 58.9 Å². The number of aryl methyl sites for hydroxylation is 1. The van der Waals surface area contributed by atoms with E-state index in [2.05, 4.69) is 15.2 Å². The number of fused-ring (bicyclic) bond motifs is 1. The minimum Gasteiger partial charge on any atom is -0.314 e. The summed E-state index contributed by atoms with van der Waals surface area (Å²) in [7, 11) is 0. The van der Waals surface area contributed by atoms with Crippen molar-refractivity contribution in [2.24, 2.45) is 0 Å². The molecule has 1 N–H and O–H groups in total. The van der Waals surface area contributed by atoms with E-state index in [-0.39, 0.29) is 5.02 Å². The van der Waals surface area contributed by atoms with E-state index < -0.39 is 11.7 Å². The molecule has 8 heteroatoms. The van der Waals surface area contributed by atoms with Crippen molar-refractivity contribution in [2.75, 3.05) is 32.7 Å². The van der Waals surface area contributed by atoms with E-state index in [0.29, 0.717) is 5.82 Å². The van der Waals surface area contributed by atoms with E-state index in [4.69, 9.17) is 11.6 Å². The molecule has 4 nitrogen and oxygen atoms in total. The third-order valence-corrected chi connectivity index (χ3v) is 5.58. The highest BCUT2D eigenvalue weighted by Gasteiger charge is 2.31. The Labute approximate surface area is 172 Å². The quantitative estimate of drug-likeness (QED) is 0.655. The number of nitrogens with zero attached hydrogens (tertiary/aromatic N) is 3. The van der Waals surface area contributed by atoms with Crippen LogP contribution in [0, 0.1) is 0 Å². The Hall–Kier alpha value is -2.09. The maximum absolute atomic E-state index is 12.9. The summed E-state index contributed by atoms with van der Waals surface area (Å²) in [5.41, 5.74) is 1.19. The number of hydrogen-bond donors (Lipinski definition) is 1. The number of hydrogen-bond acceptors (Lipinski definition) is 3. The molecule has 0 unspecified atom stereocenters. The van der Waals surface area contributed by atoms with Crippen molar-refractivity contribution in [1.82, 2.24) is 19.8 Å². The van der Waals surface area contributed by atoms with Gasteiger partial charge in [-0.05, 0) is 37.1 Å². The number of alkyl halides is 3. The molecule has 154 valence electrons. The highest BCUT2D eigenvalue weighted by molar-refractivity contribution is 6.32. The van der Waals surface area contributed by atoms with Crippen LogP contribution in [-0.2, 0) is 12.6 Å². The molecule has 3 heterocycles. The lowest BCUT2D eigenvalue weighted by Gasteiger charge is -2.26. The Balaban J connectivity index is 1.60. The third kappa shape index (κ3) is 4.42. The largest absolute Gasteiger partial charge is 0.417 e. The molecule has 0 radical (unpaired) electrons. The number of aromatic nitrogens is 2. The van der Waals surface area contributed by atoms with Gasteiger partial charge in [0.05, 0.1) is 16.1 Å². The van der Waals surface area contributed by atoms with Gasteiger partial charge in [0.25, 0.3) is 0 Å². The molecule has 0 bridgehead atoms. The molecule has 2 aromatic heterocycles. The number of halogens is 4. The molecule has 0 spiro atoms. The lowest BCUT2D eigenvalue weighted by molar-refractivity contribution is -0.137. The predicted octanol–water partition coefficient (Wildman–Crippen LogP) is 4.54. The fourth-order valence-electron chi connectivity index (χ4n) is 3.82. The Kier molecular flexibility index (Phi) is 5.81. The molecule has 0 atom stereocenters. The number of piperazine rings is 1. The van der Waals surface area contributed by atoms with E-state index in [1.807, 2.05) is 30.5 Å². The Bertz CT molecular complexity index is 993. The highest BCUT2D eigenvalue weighted by atomic mass is 35.5. The van der Waals surface area contributed by atoms with Crippen LogP contribution in [0.3, 0.4) is 0 Å². The van der Waals surface area contributed by atoms with Crippen LogP contribution >= 0.6 is 11.6 Å². The fourth-order valence-corrected chi connectivity index (χ4v) is 4.07. The first-order valence-corrected chi connectivity index (χ1v) is 10.1. The molecular formula is C21H22ClF3N4. The molecule has 1 saturated heterocycles. The Morgan fingerprint density at radius 1 is 1.14 bits per heavy atom. The molecule has 3 aromatic rings. The molecule has 29 heavy (non-hydrogen) atoms. The second-order valence-electron chi connectivity index (χ2n) is 7.26. The van der Waals surface area contributed by atoms with Gasteiger partial charge in [-0.2, -0.15) is 13.2 Å². The van der Waals surface area contributed by atoms with Crippen molar-refractivity contribution in [3.63, 3.8) is 0 Å². The van der Waals surface area contributed by atoms with E-state index in [1.165, 1.54) is 0 Å². The highest BCUT2D eigenvalue weighted by Crippen LogP contribution is 2.33. The van der Waals surface area contributed by atoms with E-state index in [9.17, 15) is 13.2 Å². The van der Waals surface area contributed by atoms with E-state index in [0.717, 1.165) is 74.3 Å². The average Bonchev–Trinajstić information content (AvgIpc) is 3.07. The summed E-state index contributed by atoms with van der Waals surface area (Å²) in [6.45, 7) is 5.20. The molecule has 0 amide bonds. The van der Waals surface area contributed by atoms with Crippen molar-refractivity contribution in [3.8, 4) is 5.82 Å². The third-order valence-electron chi connectivity index (χ3n) is 5.30. The van der Waals surface area contributed by atoms with Gasteiger partial charge in [-0.15, -0.1) is 0 Å². The number of nitrogens with one attached hydrogen (secondary N) is 1. The van der Waals surface area contributed by atoms with Gasteiger partial charge >= 0.3 is 6.18 Å². The Morgan fingerprint density at radius 2 is 1.90 bits per heavy atom. The normalized spacial score (nSPS) is 15.9. The van der Waals surface area contributed by atoms with Gasteiger partial charge in [0.15, 0.2) is 5.82 Å². The van der Waals surface area contributed by atoms with Gasteiger partial charge in [-0.1, -0.05) is 29.8 Å². The molecule has 4 rings (SSSR count). The number of rotatable bonds is 5. The summed E-state index contributed by atoms with van der Waals surface area (Å²) in [6.07, 6.45) is 0.213. The first kappa shape index (κ1) is 20.2. The van der Waals surface area contributed by atoms with Crippen LogP contribution in [0.15, 0.2) is 42.7 Å². The standard InChI is InChI=1S/C21H22ClF3N4/c22-18-12-16(21(23,24)25)13-27-20(18)29-14-15(17-5-1-2-6-19(17)29)4-3-9-28-10-7-26-8-11-28/h1-2,5-6,12-14,26H,3-4,7-11H2. The first-order chi connectivity index (χ1) is 13.9. The number of pyridine rings is 1. The first-order valence-electron chi connectivity index (χ1n) is 9.68. The van der Waals surface area contributed by atoms with Gasteiger partial charge in [-0.25, -0.2) is 4.98 Å². The molecule has 0 saturated carbocycles. The predicted molar refractivity (Wildman–Crippen MR) is 109 cm³/mol. The van der Waals surface area contributed by atoms with E-state index in [1.54, 1.807) is 4.57 Å². The molecular weight excluding hydrogens is 401 g/mol. The second kappa shape index (κ2) is 8.34. The smallest absolute Gasteiger partial charge is 0.314 e. The fraction of sp³-hybridized carbons (Fsp3) is 0.381. The molecule has 1 aromatic carbocycles.